The maximum absolute atomic E-state index is 6.44. The lowest BCUT2D eigenvalue weighted by atomic mass is 9.94. The van der Waals surface area contributed by atoms with E-state index in [0.717, 1.165) is 54.3 Å². The monoisotopic (exact) mass is 559 g/mol. The number of benzene rings is 4. The van der Waals surface area contributed by atoms with E-state index in [0.29, 0.717) is 29.3 Å². The predicted molar refractivity (Wildman–Crippen MR) is 156 cm³/mol. The Kier molecular flexibility index (Phi) is 7.69. The van der Waals surface area contributed by atoms with E-state index in [9.17, 15) is 0 Å². The van der Waals surface area contributed by atoms with Crippen molar-refractivity contribution < 1.29 is 14.2 Å². The minimum atomic E-state index is -0.165. The third-order valence-electron chi connectivity index (χ3n) is 7.62. The molecule has 6 heteroatoms. The molecular weight excluding hydrogens is 529 g/mol. The molecule has 2 aliphatic heterocycles. The standard InChI is InChI=1S/C33H31Cl2NO3/c1-2-30(23-6-4-3-5-7-23)36-15-14-25-17-32-31(18-26(25)19-36)38-21-33(39-32)24-9-11-27(12-10-24)37-20-22-8-13-28(34)29(35)16-22/h3-13,16-18,30,33H,2,14-15,19-21H2,1H3/t30-,33?/m0/s1. The van der Waals surface area contributed by atoms with Crippen LogP contribution in [0, 0.1) is 0 Å². The summed E-state index contributed by atoms with van der Waals surface area (Å²) in [7, 11) is 0. The Labute approximate surface area is 240 Å². The normalized spacial score (nSPS) is 17.4. The zero-order chi connectivity index (χ0) is 26.8. The molecule has 0 saturated heterocycles. The van der Waals surface area contributed by atoms with Gasteiger partial charge in [-0.25, -0.2) is 0 Å². The van der Waals surface area contributed by atoms with E-state index >= 15 is 0 Å². The van der Waals surface area contributed by atoms with Gasteiger partial charge in [0.25, 0.3) is 0 Å². The highest BCUT2D eigenvalue weighted by Gasteiger charge is 2.28. The number of rotatable bonds is 7. The zero-order valence-electron chi connectivity index (χ0n) is 21.9. The van der Waals surface area contributed by atoms with Gasteiger partial charge in [0.2, 0.25) is 0 Å². The molecule has 2 heterocycles. The molecule has 0 radical (unpaired) electrons. The Hall–Kier alpha value is -3.18. The van der Waals surface area contributed by atoms with E-state index < -0.39 is 0 Å². The van der Waals surface area contributed by atoms with Crippen LogP contribution in [-0.4, -0.2) is 18.1 Å². The van der Waals surface area contributed by atoms with Crippen molar-refractivity contribution in [3.63, 3.8) is 0 Å². The van der Waals surface area contributed by atoms with E-state index in [2.05, 4.69) is 54.3 Å². The quantitative estimate of drug-likeness (QED) is 0.227. The van der Waals surface area contributed by atoms with Gasteiger partial charge < -0.3 is 14.2 Å². The van der Waals surface area contributed by atoms with Gasteiger partial charge in [-0.05, 0) is 77.1 Å². The number of ether oxygens (including phenoxy) is 3. The first-order valence-corrected chi connectivity index (χ1v) is 14.2. The van der Waals surface area contributed by atoms with Gasteiger partial charge in [0.05, 0.1) is 10.0 Å². The summed E-state index contributed by atoms with van der Waals surface area (Å²) in [6.45, 7) is 5.12. The van der Waals surface area contributed by atoms with Crippen molar-refractivity contribution in [3.8, 4) is 17.2 Å². The van der Waals surface area contributed by atoms with Crippen LogP contribution in [0.1, 0.15) is 53.3 Å². The maximum atomic E-state index is 6.44. The first kappa shape index (κ1) is 26.1. The van der Waals surface area contributed by atoms with Crippen molar-refractivity contribution >= 4 is 23.2 Å². The van der Waals surface area contributed by atoms with Crippen LogP contribution in [0.25, 0.3) is 0 Å². The van der Waals surface area contributed by atoms with Crippen LogP contribution in [0.15, 0.2) is 84.9 Å². The molecule has 0 amide bonds. The van der Waals surface area contributed by atoms with E-state index in [1.165, 1.54) is 16.7 Å². The first-order valence-electron chi connectivity index (χ1n) is 13.5. The van der Waals surface area contributed by atoms with E-state index in [1.54, 1.807) is 6.07 Å². The fourth-order valence-corrected chi connectivity index (χ4v) is 5.85. The Morgan fingerprint density at radius 1 is 0.897 bits per heavy atom. The summed E-state index contributed by atoms with van der Waals surface area (Å²) < 4.78 is 18.6. The zero-order valence-corrected chi connectivity index (χ0v) is 23.4. The number of hydrogen-bond acceptors (Lipinski definition) is 4. The van der Waals surface area contributed by atoms with Gasteiger partial charge in [-0.2, -0.15) is 0 Å². The summed E-state index contributed by atoms with van der Waals surface area (Å²) in [5, 5.41) is 1.07. The highest BCUT2D eigenvalue weighted by molar-refractivity contribution is 6.42. The molecule has 0 N–H and O–H groups in total. The molecule has 0 aliphatic carbocycles. The molecule has 0 aromatic heterocycles. The van der Waals surface area contributed by atoms with Crippen LogP contribution in [-0.2, 0) is 19.6 Å². The summed E-state index contributed by atoms with van der Waals surface area (Å²) in [6.07, 6.45) is 1.93. The lowest BCUT2D eigenvalue weighted by Gasteiger charge is -2.36. The van der Waals surface area contributed by atoms with Gasteiger partial charge in [0.1, 0.15) is 19.0 Å². The average Bonchev–Trinajstić information content (AvgIpc) is 2.97. The largest absolute Gasteiger partial charge is 0.489 e. The number of halogens is 2. The molecule has 1 unspecified atom stereocenters. The average molecular weight is 561 g/mol. The lowest BCUT2D eigenvalue weighted by Crippen LogP contribution is -2.34. The predicted octanol–water partition coefficient (Wildman–Crippen LogP) is 8.59. The van der Waals surface area contributed by atoms with Gasteiger partial charge in [0.15, 0.2) is 17.6 Å². The first-order chi connectivity index (χ1) is 19.1. The summed E-state index contributed by atoms with van der Waals surface area (Å²) in [4.78, 5) is 2.59. The van der Waals surface area contributed by atoms with Crippen molar-refractivity contribution in [1.82, 2.24) is 4.90 Å². The summed E-state index contributed by atoms with van der Waals surface area (Å²) in [6, 6.07) is 29.1. The molecule has 2 atom stereocenters. The van der Waals surface area contributed by atoms with Crippen LogP contribution < -0.4 is 14.2 Å². The summed E-state index contributed by atoms with van der Waals surface area (Å²) in [5.74, 6) is 2.44. The van der Waals surface area contributed by atoms with E-state index in [1.807, 2.05) is 36.4 Å². The fraction of sp³-hybridized carbons (Fsp3) is 0.273. The molecule has 4 aromatic carbocycles. The molecule has 6 rings (SSSR count). The summed E-state index contributed by atoms with van der Waals surface area (Å²) >= 11 is 12.1. The highest BCUT2D eigenvalue weighted by Crippen LogP contribution is 2.41. The minimum absolute atomic E-state index is 0.165. The fourth-order valence-electron chi connectivity index (χ4n) is 5.53. The summed E-state index contributed by atoms with van der Waals surface area (Å²) in [5.41, 5.74) is 6.09. The molecule has 4 nitrogen and oxygen atoms in total. The van der Waals surface area contributed by atoms with Crippen LogP contribution >= 0.6 is 23.2 Å². The molecule has 0 saturated carbocycles. The van der Waals surface area contributed by atoms with Crippen LogP contribution in [0.4, 0.5) is 0 Å². The topological polar surface area (TPSA) is 30.9 Å². The second-order valence-corrected chi connectivity index (χ2v) is 11.0. The van der Waals surface area contributed by atoms with Gasteiger partial charge in [-0.3, -0.25) is 4.90 Å². The van der Waals surface area contributed by atoms with E-state index in [4.69, 9.17) is 37.4 Å². The Balaban J connectivity index is 1.11. The Morgan fingerprint density at radius 2 is 1.69 bits per heavy atom. The van der Waals surface area contributed by atoms with Gasteiger partial charge in [-0.1, -0.05) is 78.7 Å². The second-order valence-electron chi connectivity index (χ2n) is 10.1. The lowest BCUT2D eigenvalue weighted by molar-refractivity contribution is 0.0902. The molecule has 39 heavy (non-hydrogen) atoms. The molecule has 200 valence electrons. The third-order valence-corrected chi connectivity index (χ3v) is 8.36. The highest BCUT2D eigenvalue weighted by atomic mass is 35.5. The van der Waals surface area contributed by atoms with Crippen molar-refractivity contribution in [1.29, 1.82) is 0 Å². The van der Waals surface area contributed by atoms with Gasteiger partial charge in [0, 0.05) is 19.1 Å². The third kappa shape index (κ3) is 5.74. The molecule has 0 fully saturated rings. The molecule has 2 aliphatic rings. The molecule has 0 spiro atoms. The Morgan fingerprint density at radius 3 is 2.46 bits per heavy atom. The van der Waals surface area contributed by atoms with Crippen LogP contribution in [0.3, 0.4) is 0 Å². The van der Waals surface area contributed by atoms with Crippen molar-refractivity contribution in [2.24, 2.45) is 0 Å². The number of nitrogens with zero attached hydrogens (tertiary/aromatic N) is 1. The molecule has 0 bridgehead atoms. The number of fused-ring (bicyclic) bond motifs is 2. The SMILES string of the molecule is CC[C@@H](c1ccccc1)N1CCc2cc3c(cc2C1)OCC(c1ccc(OCc2ccc(Cl)c(Cl)c2)cc1)O3. The molecule has 4 aromatic rings. The maximum Gasteiger partial charge on any atom is 0.162 e. The van der Waals surface area contributed by atoms with Crippen molar-refractivity contribution in [2.75, 3.05) is 13.2 Å². The Bertz CT molecular complexity index is 1440. The second kappa shape index (κ2) is 11.5. The van der Waals surface area contributed by atoms with E-state index in [-0.39, 0.29) is 6.10 Å². The van der Waals surface area contributed by atoms with Crippen molar-refractivity contribution in [2.45, 2.75) is 45.1 Å². The van der Waals surface area contributed by atoms with Crippen molar-refractivity contribution in [3.05, 3.63) is 123 Å². The van der Waals surface area contributed by atoms with Crippen LogP contribution in [0.5, 0.6) is 17.2 Å². The van der Waals surface area contributed by atoms with Crippen LogP contribution in [0.2, 0.25) is 10.0 Å². The smallest absolute Gasteiger partial charge is 0.162 e. The molecular formula is C33H31Cl2NO3. The minimum Gasteiger partial charge on any atom is -0.489 e. The van der Waals surface area contributed by atoms with Gasteiger partial charge >= 0.3 is 0 Å². The van der Waals surface area contributed by atoms with Gasteiger partial charge in [-0.15, -0.1) is 0 Å². The number of hydrogen-bond donors (Lipinski definition) is 0.